The lowest BCUT2D eigenvalue weighted by Gasteiger charge is -2.37. The van der Waals surface area contributed by atoms with Gasteiger partial charge in [0.2, 0.25) is 0 Å². The molecule has 1 aromatic rings. The van der Waals surface area contributed by atoms with Crippen molar-refractivity contribution in [2.75, 3.05) is 34.0 Å². The Labute approximate surface area is 124 Å². The first kappa shape index (κ1) is 15.6. The summed E-state index contributed by atoms with van der Waals surface area (Å²) in [7, 11) is 3.08. The molecule has 1 aliphatic rings. The molecule has 116 valence electrons. The highest BCUT2D eigenvalue weighted by molar-refractivity contribution is 5.97. The molecule has 21 heavy (non-hydrogen) atoms. The first-order chi connectivity index (χ1) is 10.1. The highest BCUT2D eigenvalue weighted by Gasteiger charge is 2.31. The normalized spacial score (nSPS) is 22.0. The third kappa shape index (κ3) is 3.28. The van der Waals surface area contributed by atoms with Crippen molar-refractivity contribution < 1.29 is 24.1 Å². The maximum Gasteiger partial charge on any atom is 0.258 e. The second kappa shape index (κ2) is 6.78. The van der Waals surface area contributed by atoms with Crippen molar-refractivity contribution in [3.8, 4) is 11.5 Å². The summed E-state index contributed by atoms with van der Waals surface area (Å²) in [6.45, 7) is 2.60. The van der Waals surface area contributed by atoms with Gasteiger partial charge in [0, 0.05) is 12.6 Å². The van der Waals surface area contributed by atoms with Crippen LogP contribution in [0.1, 0.15) is 17.3 Å². The Kier molecular flexibility index (Phi) is 5.03. The van der Waals surface area contributed by atoms with Crippen molar-refractivity contribution in [1.29, 1.82) is 0 Å². The molecular formula is C15H21NO5. The van der Waals surface area contributed by atoms with Crippen LogP contribution >= 0.6 is 0 Å². The number of aliphatic hydroxyl groups excluding tert-OH is 1. The van der Waals surface area contributed by atoms with Gasteiger partial charge < -0.3 is 24.2 Å². The lowest BCUT2D eigenvalue weighted by atomic mass is 10.1. The van der Waals surface area contributed by atoms with Gasteiger partial charge in [0.05, 0.1) is 45.1 Å². The lowest BCUT2D eigenvalue weighted by molar-refractivity contribution is -0.0667. The van der Waals surface area contributed by atoms with Gasteiger partial charge in [0.25, 0.3) is 5.91 Å². The minimum atomic E-state index is -0.339. The molecule has 0 radical (unpaired) electrons. The number of amides is 1. The van der Waals surface area contributed by atoms with Crippen LogP contribution in [0.2, 0.25) is 0 Å². The second-order valence-corrected chi connectivity index (χ2v) is 5.01. The van der Waals surface area contributed by atoms with Crippen LogP contribution in [0, 0.1) is 0 Å². The number of benzene rings is 1. The Morgan fingerprint density at radius 2 is 2.19 bits per heavy atom. The number of aliphatic hydroxyl groups is 1. The maximum atomic E-state index is 12.7. The van der Waals surface area contributed by atoms with E-state index in [0.717, 1.165) is 0 Å². The molecule has 0 bridgehead atoms. The molecule has 2 unspecified atom stereocenters. The fraction of sp³-hybridized carbons (Fsp3) is 0.533. The van der Waals surface area contributed by atoms with Crippen LogP contribution in [0.4, 0.5) is 0 Å². The summed E-state index contributed by atoms with van der Waals surface area (Å²) in [6, 6.07) is 5.05. The molecule has 2 atom stereocenters. The van der Waals surface area contributed by atoms with Gasteiger partial charge in [-0.25, -0.2) is 0 Å². The SMILES string of the molecule is COc1ccc(C(=O)N2CC(CO)OCC2C)c(OC)c1. The van der Waals surface area contributed by atoms with E-state index < -0.39 is 0 Å². The standard InChI is InChI=1S/C15H21NO5/c1-10-9-21-12(8-17)7-16(10)15(18)13-5-4-11(19-2)6-14(13)20-3/h4-6,10,12,17H,7-9H2,1-3H3. The molecule has 6 heteroatoms. The summed E-state index contributed by atoms with van der Waals surface area (Å²) >= 11 is 0. The molecule has 1 amide bonds. The van der Waals surface area contributed by atoms with Crippen molar-refractivity contribution in [2.45, 2.75) is 19.1 Å². The lowest BCUT2D eigenvalue weighted by Crippen LogP contribution is -2.52. The van der Waals surface area contributed by atoms with E-state index in [0.29, 0.717) is 30.2 Å². The van der Waals surface area contributed by atoms with E-state index in [4.69, 9.17) is 14.2 Å². The number of hydrogen-bond donors (Lipinski definition) is 1. The summed E-state index contributed by atoms with van der Waals surface area (Å²) < 4.78 is 15.9. The van der Waals surface area contributed by atoms with Crippen LogP contribution < -0.4 is 9.47 Å². The molecule has 6 nitrogen and oxygen atoms in total. The molecule has 0 aromatic heterocycles. The average Bonchev–Trinajstić information content (AvgIpc) is 2.54. The summed E-state index contributed by atoms with van der Waals surface area (Å²) in [5.41, 5.74) is 0.476. The Balaban J connectivity index is 2.26. The van der Waals surface area contributed by atoms with Crippen LogP contribution in [0.25, 0.3) is 0 Å². The molecule has 1 aliphatic heterocycles. The number of carbonyl (C=O) groups excluding carboxylic acids is 1. The Hall–Kier alpha value is -1.79. The predicted octanol–water partition coefficient (Wildman–Crippen LogP) is 0.926. The number of nitrogens with zero attached hydrogens (tertiary/aromatic N) is 1. The zero-order chi connectivity index (χ0) is 15.4. The minimum absolute atomic E-state index is 0.0490. The Morgan fingerprint density at radius 3 is 2.81 bits per heavy atom. The maximum absolute atomic E-state index is 12.7. The Bertz CT molecular complexity index is 505. The molecule has 1 heterocycles. The third-order valence-electron chi connectivity index (χ3n) is 3.61. The molecule has 0 saturated carbocycles. The number of rotatable bonds is 4. The van der Waals surface area contributed by atoms with Crippen LogP contribution in [0.5, 0.6) is 11.5 Å². The van der Waals surface area contributed by atoms with E-state index >= 15 is 0 Å². The summed E-state index contributed by atoms with van der Waals surface area (Å²) in [5, 5.41) is 9.21. The molecule has 1 fully saturated rings. The third-order valence-corrected chi connectivity index (χ3v) is 3.61. The first-order valence-electron chi connectivity index (χ1n) is 6.86. The second-order valence-electron chi connectivity index (χ2n) is 5.01. The topological polar surface area (TPSA) is 68.2 Å². The van der Waals surface area contributed by atoms with E-state index in [1.807, 2.05) is 6.92 Å². The van der Waals surface area contributed by atoms with E-state index in [9.17, 15) is 9.90 Å². The molecule has 0 aliphatic carbocycles. The summed E-state index contributed by atoms with van der Waals surface area (Å²) in [4.78, 5) is 14.4. The number of methoxy groups -OCH3 is 2. The van der Waals surface area contributed by atoms with Gasteiger partial charge in [-0.15, -0.1) is 0 Å². The van der Waals surface area contributed by atoms with E-state index in [-0.39, 0.29) is 24.7 Å². The van der Waals surface area contributed by atoms with Gasteiger partial charge in [-0.3, -0.25) is 4.79 Å². The van der Waals surface area contributed by atoms with E-state index in [2.05, 4.69) is 0 Å². The van der Waals surface area contributed by atoms with Crippen molar-refractivity contribution in [2.24, 2.45) is 0 Å². The number of hydrogen-bond acceptors (Lipinski definition) is 5. The highest BCUT2D eigenvalue weighted by atomic mass is 16.5. The van der Waals surface area contributed by atoms with Crippen LogP contribution in [-0.2, 0) is 4.74 Å². The molecule has 0 spiro atoms. The molecule has 1 aromatic carbocycles. The zero-order valence-electron chi connectivity index (χ0n) is 12.5. The number of ether oxygens (including phenoxy) is 3. The van der Waals surface area contributed by atoms with E-state index in [1.165, 1.54) is 7.11 Å². The average molecular weight is 295 g/mol. The van der Waals surface area contributed by atoms with Crippen LogP contribution in [0.15, 0.2) is 18.2 Å². The largest absolute Gasteiger partial charge is 0.497 e. The number of carbonyl (C=O) groups is 1. The van der Waals surface area contributed by atoms with Crippen LogP contribution in [-0.4, -0.2) is 62.0 Å². The van der Waals surface area contributed by atoms with Gasteiger partial charge in [-0.1, -0.05) is 0 Å². The van der Waals surface area contributed by atoms with Crippen molar-refractivity contribution in [3.63, 3.8) is 0 Å². The number of morpholine rings is 1. The molecule has 2 rings (SSSR count). The van der Waals surface area contributed by atoms with E-state index in [1.54, 1.807) is 30.2 Å². The Morgan fingerprint density at radius 1 is 1.43 bits per heavy atom. The first-order valence-corrected chi connectivity index (χ1v) is 6.86. The predicted molar refractivity (Wildman–Crippen MR) is 76.9 cm³/mol. The molecule has 1 N–H and O–H groups in total. The van der Waals surface area contributed by atoms with Gasteiger partial charge in [-0.2, -0.15) is 0 Å². The van der Waals surface area contributed by atoms with Crippen molar-refractivity contribution in [1.82, 2.24) is 4.90 Å². The van der Waals surface area contributed by atoms with Gasteiger partial charge in [0.15, 0.2) is 0 Å². The monoisotopic (exact) mass is 295 g/mol. The van der Waals surface area contributed by atoms with Crippen LogP contribution in [0.3, 0.4) is 0 Å². The molecule has 1 saturated heterocycles. The molecular weight excluding hydrogens is 274 g/mol. The smallest absolute Gasteiger partial charge is 0.258 e. The van der Waals surface area contributed by atoms with Gasteiger partial charge >= 0.3 is 0 Å². The summed E-state index contributed by atoms with van der Waals surface area (Å²) in [6.07, 6.45) is -0.339. The van der Waals surface area contributed by atoms with Crippen molar-refractivity contribution >= 4 is 5.91 Å². The fourth-order valence-corrected chi connectivity index (χ4v) is 2.34. The summed E-state index contributed by atoms with van der Waals surface area (Å²) in [5.74, 6) is 0.967. The zero-order valence-corrected chi connectivity index (χ0v) is 12.5. The quantitative estimate of drug-likeness (QED) is 0.895. The minimum Gasteiger partial charge on any atom is -0.497 e. The van der Waals surface area contributed by atoms with Gasteiger partial charge in [-0.05, 0) is 19.1 Å². The highest BCUT2D eigenvalue weighted by Crippen LogP contribution is 2.27. The van der Waals surface area contributed by atoms with Crippen molar-refractivity contribution in [3.05, 3.63) is 23.8 Å². The fourth-order valence-electron chi connectivity index (χ4n) is 2.34. The van der Waals surface area contributed by atoms with Gasteiger partial charge in [0.1, 0.15) is 11.5 Å².